The van der Waals surface area contributed by atoms with Crippen molar-refractivity contribution in [2.75, 3.05) is 13.2 Å². The van der Waals surface area contributed by atoms with E-state index in [2.05, 4.69) is 6.92 Å². The summed E-state index contributed by atoms with van der Waals surface area (Å²) in [6.45, 7) is 6.67. The highest BCUT2D eigenvalue weighted by atomic mass is 16.5. The molecule has 0 aliphatic carbocycles. The molecule has 0 saturated heterocycles. The molecule has 0 aliphatic heterocycles. The molecule has 0 aliphatic rings. The van der Waals surface area contributed by atoms with E-state index in [1.807, 2.05) is 32.0 Å². The van der Waals surface area contributed by atoms with Gasteiger partial charge in [-0.05, 0) is 32.4 Å². The highest BCUT2D eigenvalue weighted by Gasteiger charge is 2.13. The molecule has 0 N–H and O–H groups in total. The van der Waals surface area contributed by atoms with Gasteiger partial charge in [0.05, 0.1) is 18.3 Å². The predicted octanol–water partition coefficient (Wildman–Crippen LogP) is 3.47. The number of carbonyl (C=O) groups excluding carboxylic acids is 1. The Kier molecular flexibility index (Phi) is 6.44. The van der Waals surface area contributed by atoms with Crippen LogP contribution in [-0.4, -0.2) is 25.1 Å². The van der Waals surface area contributed by atoms with E-state index in [0.29, 0.717) is 17.9 Å². The number of benzene rings is 1. The van der Waals surface area contributed by atoms with Crippen LogP contribution >= 0.6 is 0 Å². The molecule has 0 saturated carbocycles. The molecular formula is C15H22O3. The second-order valence-electron chi connectivity index (χ2n) is 4.26. The van der Waals surface area contributed by atoms with E-state index in [4.69, 9.17) is 9.47 Å². The van der Waals surface area contributed by atoms with Crippen LogP contribution in [0, 0.1) is 0 Å². The zero-order valence-corrected chi connectivity index (χ0v) is 11.4. The van der Waals surface area contributed by atoms with Crippen LogP contribution in [0.1, 0.15) is 44.0 Å². The third-order valence-corrected chi connectivity index (χ3v) is 2.68. The SMILES string of the molecule is CCCC(C)OCC(=O)c1ccccc1OCC. The van der Waals surface area contributed by atoms with Gasteiger partial charge in [0.15, 0.2) is 5.78 Å². The van der Waals surface area contributed by atoms with Gasteiger partial charge in [-0.1, -0.05) is 25.5 Å². The Morgan fingerprint density at radius 1 is 1.28 bits per heavy atom. The van der Waals surface area contributed by atoms with Gasteiger partial charge in [0, 0.05) is 0 Å². The molecule has 0 heterocycles. The lowest BCUT2D eigenvalue weighted by Gasteiger charge is -2.13. The summed E-state index contributed by atoms with van der Waals surface area (Å²) in [5.41, 5.74) is 0.600. The van der Waals surface area contributed by atoms with Crippen molar-refractivity contribution < 1.29 is 14.3 Å². The van der Waals surface area contributed by atoms with Crippen LogP contribution < -0.4 is 4.74 Å². The van der Waals surface area contributed by atoms with Crippen LogP contribution in [0.4, 0.5) is 0 Å². The minimum absolute atomic E-state index is 0.0259. The zero-order chi connectivity index (χ0) is 13.4. The fourth-order valence-electron chi connectivity index (χ4n) is 1.76. The molecule has 100 valence electrons. The number of ketones is 1. The Hall–Kier alpha value is -1.35. The van der Waals surface area contributed by atoms with Gasteiger partial charge in [-0.15, -0.1) is 0 Å². The molecule has 0 aromatic heterocycles. The molecule has 1 atom stereocenters. The molecule has 0 amide bonds. The molecule has 1 rings (SSSR count). The summed E-state index contributed by atoms with van der Waals surface area (Å²) in [6.07, 6.45) is 2.16. The van der Waals surface area contributed by atoms with Crippen LogP contribution in [0.2, 0.25) is 0 Å². The van der Waals surface area contributed by atoms with Gasteiger partial charge < -0.3 is 9.47 Å². The molecule has 0 radical (unpaired) electrons. The smallest absolute Gasteiger partial charge is 0.192 e. The summed E-state index contributed by atoms with van der Waals surface area (Å²) in [5, 5.41) is 0. The van der Waals surface area contributed by atoms with Crippen molar-refractivity contribution in [3.8, 4) is 5.75 Å². The molecule has 1 aromatic carbocycles. The lowest BCUT2D eigenvalue weighted by molar-refractivity contribution is 0.0488. The molecule has 0 bridgehead atoms. The Morgan fingerprint density at radius 2 is 2.00 bits per heavy atom. The van der Waals surface area contributed by atoms with Crippen LogP contribution in [-0.2, 0) is 4.74 Å². The zero-order valence-electron chi connectivity index (χ0n) is 11.4. The predicted molar refractivity (Wildman–Crippen MR) is 72.3 cm³/mol. The summed E-state index contributed by atoms with van der Waals surface area (Å²) in [4.78, 5) is 12.0. The average molecular weight is 250 g/mol. The van der Waals surface area contributed by atoms with Crippen LogP contribution in [0.3, 0.4) is 0 Å². The molecule has 1 unspecified atom stereocenters. The van der Waals surface area contributed by atoms with E-state index in [1.54, 1.807) is 6.07 Å². The van der Waals surface area contributed by atoms with E-state index in [0.717, 1.165) is 12.8 Å². The van der Waals surface area contributed by atoms with Crippen LogP contribution in [0.15, 0.2) is 24.3 Å². The normalized spacial score (nSPS) is 12.2. The average Bonchev–Trinajstić information content (AvgIpc) is 2.37. The standard InChI is InChI=1S/C15H22O3/c1-4-8-12(3)18-11-14(16)13-9-6-7-10-15(13)17-5-2/h6-7,9-10,12H,4-5,8,11H2,1-3H3. The molecule has 3 nitrogen and oxygen atoms in total. The highest BCUT2D eigenvalue weighted by Crippen LogP contribution is 2.18. The minimum atomic E-state index is -0.0259. The fourth-order valence-corrected chi connectivity index (χ4v) is 1.76. The Morgan fingerprint density at radius 3 is 2.67 bits per heavy atom. The molecule has 18 heavy (non-hydrogen) atoms. The number of hydrogen-bond donors (Lipinski definition) is 0. The fraction of sp³-hybridized carbons (Fsp3) is 0.533. The minimum Gasteiger partial charge on any atom is -0.493 e. The Bertz CT molecular complexity index is 374. The maximum atomic E-state index is 12.0. The van der Waals surface area contributed by atoms with Gasteiger partial charge in [-0.25, -0.2) is 0 Å². The molecule has 0 fully saturated rings. The first kappa shape index (κ1) is 14.7. The maximum Gasteiger partial charge on any atom is 0.192 e. The first-order chi connectivity index (χ1) is 8.69. The summed E-state index contributed by atoms with van der Waals surface area (Å²) in [6, 6.07) is 7.29. The summed E-state index contributed by atoms with van der Waals surface area (Å²) < 4.78 is 11.0. The highest BCUT2D eigenvalue weighted by molar-refractivity contribution is 5.99. The van der Waals surface area contributed by atoms with Gasteiger partial charge in [-0.2, -0.15) is 0 Å². The Labute approximate surface area is 109 Å². The third kappa shape index (κ3) is 4.49. The van der Waals surface area contributed by atoms with Crippen molar-refractivity contribution in [1.82, 2.24) is 0 Å². The monoisotopic (exact) mass is 250 g/mol. The Balaban J connectivity index is 2.60. The lowest BCUT2D eigenvalue weighted by atomic mass is 10.1. The number of Topliss-reactive ketones (excluding diaryl/α,β-unsaturated/α-hetero) is 1. The quantitative estimate of drug-likeness (QED) is 0.663. The van der Waals surface area contributed by atoms with Gasteiger partial charge >= 0.3 is 0 Å². The molecule has 0 spiro atoms. The summed E-state index contributed by atoms with van der Waals surface area (Å²) >= 11 is 0. The summed E-state index contributed by atoms with van der Waals surface area (Å²) in [5.74, 6) is 0.610. The molecule has 1 aromatic rings. The van der Waals surface area contributed by atoms with E-state index in [1.165, 1.54) is 0 Å². The van der Waals surface area contributed by atoms with Gasteiger partial charge in [-0.3, -0.25) is 4.79 Å². The van der Waals surface area contributed by atoms with Gasteiger partial charge in [0.2, 0.25) is 0 Å². The number of para-hydroxylation sites is 1. The van der Waals surface area contributed by atoms with Crippen LogP contribution in [0.25, 0.3) is 0 Å². The van der Waals surface area contributed by atoms with Gasteiger partial charge in [0.1, 0.15) is 12.4 Å². The second kappa shape index (κ2) is 7.88. The number of hydrogen-bond acceptors (Lipinski definition) is 3. The second-order valence-corrected chi connectivity index (χ2v) is 4.26. The third-order valence-electron chi connectivity index (χ3n) is 2.68. The number of rotatable bonds is 8. The maximum absolute atomic E-state index is 12.0. The van der Waals surface area contributed by atoms with Crippen LogP contribution in [0.5, 0.6) is 5.75 Å². The topological polar surface area (TPSA) is 35.5 Å². The largest absolute Gasteiger partial charge is 0.493 e. The van der Waals surface area contributed by atoms with Crippen molar-refractivity contribution in [2.24, 2.45) is 0 Å². The summed E-state index contributed by atoms with van der Waals surface area (Å²) in [7, 11) is 0. The van der Waals surface area contributed by atoms with Crippen molar-refractivity contribution in [2.45, 2.75) is 39.7 Å². The number of ether oxygens (including phenoxy) is 2. The van der Waals surface area contributed by atoms with E-state index in [-0.39, 0.29) is 18.5 Å². The van der Waals surface area contributed by atoms with Crippen molar-refractivity contribution in [3.05, 3.63) is 29.8 Å². The first-order valence-electron chi connectivity index (χ1n) is 6.55. The van der Waals surface area contributed by atoms with E-state index in [9.17, 15) is 4.79 Å². The van der Waals surface area contributed by atoms with Crippen molar-refractivity contribution >= 4 is 5.78 Å². The van der Waals surface area contributed by atoms with Crippen molar-refractivity contribution in [1.29, 1.82) is 0 Å². The van der Waals surface area contributed by atoms with E-state index >= 15 is 0 Å². The molecular weight excluding hydrogens is 228 g/mol. The lowest BCUT2D eigenvalue weighted by Crippen LogP contribution is -2.16. The van der Waals surface area contributed by atoms with Crippen molar-refractivity contribution in [3.63, 3.8) is 0 Å². The first-order valence-corrected chi connectivity index (χ1v) is 6.55. The van der Waals surface area contributed by atoms with E-state index < -0.39 is 0 Å². The number of carbonyl (C=O) groups is 1. The van der Waals surface area contributed by atoms with Gasteiger partial charge in [0.25, 0.3) is 0 Å². The molecule has 3 heteroatoms.